The third-order valence-electron chi connectivity index (χ3n) is 4.27. The maximum atomic E-state index is 4.32. The first-order valence-corrected chi connectivity index (χ1v) is 9.24. The van der Waals surface area contributed by atoms with E-state index in [1.807, 2.05) is 0 Å². The van der Waals surface area contributed by atoms with Gasteiger partial charge in [-0.2, -0.15) is 0 Å². The molecule has 128 valence electrons. The van der Waals surface area contributed by atoms with Crippen molar-refractivity contribution in [2.75, 3.05) is 19.6 Å². The molecule has 0 aromatic rings. The van der Waals surface area contributed by atoms with Gasteiger partial charge in [-0.3, -0.25) is 4.90 Å². The predicted molar refractivity (Wildman–Crippen MR) is 102 cm³/mol. The van der Waals surface area contributed by atoms with Crippen molar-refractivity contribution in [1.29, 1.82) is 0 Å². The maximum Gasteiger partial charge on any atom is 0.0193 e. The van der Waals surface area contributed by atoms with E-state index < -0.39 is 0 Å². The zero-order chi connectivity index (χ0) is 17.0. The van der Waals surface area contributed by atoms with Crippen molar-refractivity contribution in [3.05, 3.63) is 35.5 Å². The molecule has 22 heavy (non-hydrogen) atoms. The summed E-state index contributed by atoms with van der Waals surface area (Å²) in [7, 11) is 0. The van der Waals surface area contributed by atoms with Gasteiger partial charge in [0, 0.05) is 6.54 Å². The molecule has 0 rings (SSSR count). The SMILES string of the molecule is C=C(/C=C(C)\C=C(/C)CN(CC)CCC)C(CC)CCCC. The van der Waals surface area contributed by atoms with Crippen molar-refractivity contribution in [3.63, 3.8) is 0 Å². The Kier molecular flexibility index (Phi) is 12.2. The summed E-state index contributed by atoms with van der Waals surface area (Å²) < 4.78 is 0. The van der Waals surface area contributed by atoms with Crippen LogP contribution in [0.25, 0.3) is 0 Å². The number of hydrogen-bond acceptors (Lipinski definition) is 1. The monoisotopic (exact) mass is 305 g/mol. The lowest BCUT2D eigenvalue weighted by Crippen LogP contribution is -2.25. The predicted octanol–water partition coefficient (Wildman–Crippen LogP) is 6.38. The summed E-state index contributed by atoms with van der Waals surface area (Å²) >= 11 is 0. The summed E-state index contributed by atoms with van der Waals surface area (Å²) in [5, 5.41) is 0. The van der Waals surface area contributed by atoms with Crippen LogP contribution in [-0.2, 0) is 0 Å². The van der Waals surface area contributed by atoms with E-state index in [0.29, 0.717) is 5.92 Å². The molecule has 0 amide bonds. The molecule has 0 radical (unpaired) electrons. The Morgan fingerprint density at radius 1 is 1.05 bits per heavy atom. The Labute approximate surface area is 140 Å². The van der Waals surface area contributed by atoms with Crippen LogP contribution in [0.3, 0.4) is 0 Å². The van der Waals surface area contributed by atoms with Crippen LogP contribution >= 0.6 is 0 Å². The van der Waals surface area contributed by atoms with Gasteiger partial charge in [-0.05, 0) is 52.1 Å². The molecule has 0 saturated heterocycles. The lowest BCUT2D eigenvalue weighted by atomic mass is 9.91. The molecular weight excluding hydrogens is 266 g/mol. The fourth-order valence-electron chi connectivity index (χ4n) is 3.01. The van der Waals surface area contributed by atoms with Crippen LogP contribution in [0.15, 0.2) is 35.5 Å². The topological polar surface area (TPSA) is 3.24 Å². The van der Waals surface area contributed by atoms with E-state index in [1.54, 1.807) is 0 Å². The molecule has 0 aliphatic carbocycles. The average Bonchev–Trinajstić information content (AvgIpc) is 2.47. The summed E-state index contributed by atoms with van der Waals surface area (Å²) in [6, 6.07) is 0. The minimum absolute atomic E-state index is 0.649. The van der Waals surface area contributed by atoms with Gasteiger partial charge in [0.05, 0.1) is 0 Å². The summed E-state index contributed by atoms with van der Waals surface area (Å²) in [6.07, 6.45) is 10.9. The fourth-order valence-corrected chi connectivity index (χ4v) is 3.01. The van der Waals surface area contributed by atoms with Crippen LogP contribution in [0.5, 0.6) is 0 Å². The lowest BCUT2D eigenvalue weighted by Gasteiger charge is -2.20. The van der Waals surface area contributed by atoms with Gasteiger partial charge in [0.2, 0.25) is 0 Å². The third kappa shape index (κ3) is 9.25. The van der Waals surface area contributed by atoms with Gasteiger partial charge in [-0.25, -0.2) is 0 Å². The van der Waals surface area contributed by atoms with E-state index in [4.69, 9.17) is 0 Å². The van der Waals surface area contributed by atoms with E-state index in [2.05, 4.69) is 65.2 Å². The average molecular weight is 306 g/mol. The normalized spacial score (nSPS) is 14.5. The van der Waals surface area contributed by atoms with Gasteiger partial charge in [0.25, 0.3) is 0 Å². The smallest absolute Gasteiger partial charge is 0.0193 e. The third-order valence-corrected chi connectivity index (χ3v) is 4.27. The Morgan fingerprint density at radius 3 is 2.23 bits per heavy atom. The zero-order valence-electron chi connectivity index (χ0n) is 16.0. The molecule has 0 fully saturated rings. The van der Waals surface area contributed by atoms with Crippen LogP contribution in [0.2, 0.25) is 0 Å². The van der Waals surface area contributed by atoms with E-state index in [-0.39, 0.29) is 0 Å². The second-order valence-corrected chi connectivity index (χ2v) is 6.57. The molecule has 0 spiro atoms. The number of unbranched alkanes of at least 4 members (excludes halogenated alkanes) is 1. The molecule has 0 aromatic carbocycles. The summed E-state index contributed by atoms with van der Waals surface area (Å²) in [5.41, 5.74) is 4.09. The molecule has 1 nitrogen and oxygen atoms in total. The van der Waals surface area contributed by atoms with Crippen molar-refractivity contribution < 1.29 is 0 Å². The number of nitrogens with zero attached hydrogens (tertiary/aromatic N) is 1. The van der Waals surface area contributed by atoms with Gasteiger partial charge in [0.15, 0.2) is 0 Å². The fraction of sp³-hybridized carbons (Fsp3) is 0.714. The zero-order valence-corrected chi connectivity index (χ0v) is 16.0. The number of hydrogen-bond donors (Lipinski definition) is 0. The van der Waals surface area contributed by atoms with Crippen LogP contribution < -0.4 is 0 Å². The van der Waals surface area contributed by atoms with Crippen molar-refractivity contribution >= 4 is 0 Å². The molecule has 0 N–H and O–H groups in total. The van der Waals surface area contributed by atoms with Gasteiger partial charge >= 0.3 is 0 Å². The molecule has 1 atom stereocenters. The van der Waals surface area contributed by atoms with Gasteiger partial charge < -0.3 is 0 Å². The number of likely N-dealkylation sites (N-methyl/N-ethyl adjacent to an activating group) is 1. The van der Waals surface area contributed by atoms with E-state index in [0.717, 1.165) is 13.1 Å². The van der Waals surface area contributed by atoms with Crippen LogP contribution in [0.4, 0.5) is 0 Å². The highest BCUT2D eigenvalue weighted by molar-refractivity contribution is 5.30. The summed E-state index contributed by atoms with van der Waals surface area (Å²) in [5.74, 6) is 0.649. The highest BCUT2D eigenvalue weighted by atomic mass is 15.1. The van der Waals surface area contributed by atoms with Crippen molar-refractivity contribution in [1.82, 2.24) is 4.90 Å². The molecule has 0 aliphatic rings. The van der Waals surface area contributed by atoms with Gasteiger partial charge in [-0.1, -0.05) is 76.0 Å². The first kappa shape index (κ1) is 21.2. The van der Waals surface area contributed by atoms with Crippen molar-refractivity contribution in [2.45, 2.75) is 73.6 Å². The first-order chi connectivity index (χ1) is 10.5. The lowest BCUT2D eigenvalue weighted by molar-refractivity contribution is 0.313. The Hall–Kier alpha value is -0.820. The molecule has 0 heterocycles. The molecular formula is C21H39N. The minimum Gasteiger partial charge on any atom is -0.300 e. The largest absolute Gasteiger partial charge is 0.300 e. The van der Waals surface area contributed by atoms with E-state index in [1.165, 1.54) is 55.4 Å². The number of rotatable bonds is 12. The number of allylic oxidation sites excluding steroid dienone is 4. The highest BCUT2D eigenvalue weighted by Crippen LogP contribution is 2.22. The Balaban J connectivity index is 4.67. The minimum atomic E-state index is 0.649. The molecule has 1 unspecified atom stereocenters. The van der Waals surface area contributed by atoms with Crippen LogP contribution in [0, 0.1) is 5.92 Å². The summed E-state index contributed by atoms with van der Waals surface area (Å²) in [4.78, 5) is 2.50. The van der Waals surface area contributed by atoms with E-state index in [9.17, 15) is 0 Å². The molecule has 0 aliphatic heterocycles. The summed E-state index contributed by atoms with van der Waals surface area (Å²) in [6.45, 7) is 21.2. The van der Waals surface area contributed by atoms with E-state index >= 15 is 0 Å². The molecule has 0 aromatic heterocycles. The molecule has 0 saturated carbocycles. The van der Waals surface area contributed by atoms with Gasteiger partial charge in [0.1, 0.15) is 0 Å². The van der Waals surface area contributed by atoms with Gasteiger partial charge in [-0.15, -0.1) is 0 Å². The van der Waals surface area contributed by atoms with Crippen molar-refractivity contribution in [2.24, 2.45) is 5.92 Å². The van der Waals surface area contributed by atoms with Crippen molar-refractivity contribution in [3.8, 4) is 0 Å². The highest BCUT2D eigenvalue weighted by Gasteiger charge is 2.08. The standard InChI is InChI=1S/C21H39N/c1-8-12-13-21(10-3)20(7)16-18(5)15-19(6)17-22(11-4)14-9-2/h15-16,21H,7-14,17H2,1-6H3/b18-16-,19-15+. The Morgan fingerprint density at radius 2 is 1.73 bits per heavy atom. The molecule has 1 heteroatoms. The quantitative estimate of drug-likeness (QED) is 0.378. The van der Waals surface area contributed by atoms with Crippen LogP contribution in [-0.4, -0.2) is 24.5 Å². The first-order valence-electron chi connectivity index (χ1n) is 9.24. The van der Waals surface area contributed by atoms with Crippen LogP contribution in [0.1, 0.15) is 73.6 Å². The Bertz CT molecular complexity index is 362. The second kappa shape index (κ2) is 12.7. The second-order valence-electron chi connectivity index (χ2n) is 6.57. The molecule has 0 bridgehead atoms. The maximum absolute atomic E-state index is 4.32.